The molecule has 94 valence electrons. The summed E-state index contributed by atoms with van der Waals surface area (Å²) in [6.45, 7) is 0.584. The van der Waals surface area contributed by atoms with Crippen molar-refractivity contribution in [1.82, 2.24) is 4.90 Å². The first-order valence-electron chi connectivity index (χ1n) is 5.12. The summed E-state index contributed by atoms with van der Waals surface area (Å²) < 4.78 is 10.4. The second-order valence-corrected chi connectivity index (χ2v) is 3.91. The number of methoxy groups -OCH3 is 2. The van der Waals surface area contributed by atoms with Crippen LogP contribution >= 0.6 is 0 Å². The Bertz CT molecular complexity index is 415. The van der Waals surface area contributed by atoms with E-state index in [-0.39, 0.29) is 5.56 Å². The average molecular weight is 239 g/mol. The molecule has 0 amide bonds. The molecule has 0 saturated heterocycles. The summed E-state index contributed by atoms with van der Waals surface area (Å²) >= 11 is 0. The lowest BCUT2D eigenvalue weighted by Crippen LogP contribution is -2.13. The second kappa shape index (κ2) is 5.54. The van der Waals surface area contributed by atoms with Crippen LogP contribution in [0.1, 0.15) is 15.9 Å². The minimum Gasteiger partial charge on any atom is -0.493 e. The van der Waals surface area contributed by atoms with Crippen molar-refractivity contribution in [2.45, 2.75) is 6.54 Å². The van der Waals surface area contributed by atoms with E-state index < -0.39 is 5.97 Å². The van der Waals surface area contributed by atoms with Crippen LogP contribution in [0.5, 0.6) is 11.5 Å². The molecule has 1 N–H and O–H groups in total. The molecule has 17 heavy (non-hydrogen) atoms. The van der Waals surface area contributed by atoms with E-state index >= 15 is 0 Å². The normalized spacial score (nSPS) is 10.4. The van der Waals surface area contributed by atoms with Crippen molar-refractivity contribution in [3.63, 3.8) is 0 Å². The van der Waals surface area contributed by atoms with Gasteiger partial charge in [0, 0.05) is 12.1 Å². The van der Waals surface area contributed by atoms with Crippen LogP contribution in [-0.4, -0.2) is 44.3 Å². The van der Waals surface area contributed by atoms with Crippen molar-refractivity contribution in [1.29, 1.82) is 0 Å². The van der Waals surface area contributed by atoms with E-state index in [1.165, 1.54) is 20.3 Å². The van der Waals surface area contributed by atoms with Crippen molar-refractivity contribution in [3.8, 4) is 11.5 Å². The average Bonchev–Trinajstić information content (AvgIpc) is 2.26. The lowest BCUT2D eigenvalue weighted by Gasteiger charge is -2.16. The Morgan fingerprint density at radius 1 is 1.29 bits per heavy atom. The molecular formula is C12H17NO4. The number of benzene rings is 1. The second-order valence-electron chi connectivity index (χ2n) is 3.91. The van der Waals surface area contributed by atoms with E-state index in [0.717, 1.165) is 5.56 Å². The van der Waals surface area contributed by atoms with Gasteiger partial charge in [0.25, 0.3) is 0 Å². The lowest BCUT2D eigenvalue weighted by atomic mass is 10.1. The van der Waals surface area contributed by atoms with Gasteiger partial charge in [0.15, 0.2) is 11.5 Å². The maximum absolute atomic E-state index is 11.0. The van der Waals surface area contributed by atoms with Gasteiger partial charge in [-0.05, 0) is 26.2 Å². The Hall–Kier alpha value is -1.75. The monoisotopic (exact) mass is 239 g/mol. The van der Waals surface area contributed by atoms with E-state index in [4.69, 9.17) is 14.6 Å². The van der Waals surface area contributed by atoms with E-state index in [0.29, 0.717) is 18.0 Å². The van der Waals surface area contributed by atoms with Crippen LogP contribution in [0, 0.1) is 0 Å². The maximum atomic E-state index is 11.0. The summed E-state index contributed by atoms with van der Waals surface area (Å²) in [7, 11) is 6.83. The van der Waals surface area contributed by atoms with E-state index in [2.05, 4.69) is 0 Å². The van der Waals surface area contributed by atoms with E-state index in [9.17, 15) is 4.79 Å². The Morgan fingerprint density at radius 2 is 1.94 bits per heavy atom. The van der Waals surface area contributed by atoms with Gasteiger partial charge in [-0.3, -0.25) is 0 Å². The highest BCUT2D eigenvalue weighted by Crippen LogP contribution is 2.33. The van der Waals surface area contributed by atoms with Crippen molar-refractivity contribution >= 4 is 5.97 Å². The smallest absolute Gasteiger partial charge is 0.335 e. The fourth-order valence-corrected chi connectivity index (χ4v) is 1.62. The molecule has 0 spiro atoms. The largest absolute Gasteiger partial charge is 0.493 e. The molecule has 5 nitrogen and oxygen atoms in total. The molecule has 0 bridgehead atoms. The third-order valence-electron chi connectivity index (χ3n) is 2.29. The van der Waals surface area contributed by atoms with Crippen molar-refractivity contribution in [3.05, 3.63) is 23.3 Å². The highest BCUT2D eigenvalue weighted by Gasteiger charge is 2.15. The van der Waals surface area contributed by atoms with Gasteiger partial charge in [0.2, 0.25) is 0 Å². The van der Waals surface area contributed by atoms with E-state index in [1.54, 1.807) is 6.07 Å². The summed E-state index contributed by atoms with van der Waals surface area (Å²) in [5.41, 5.74) is 0.980. The van der Waals surface area contributed by atoms with Gasteiger partial charge in [-0.25, -0.2) is 4.79 Å². The molecule has 0 fully saturated rings. The molecule has 0 saturated carbocycles. The molecule has 1 aromatic rings. The summed E-state index contributed by atoms with van der Waals surface area (Å²) in [6.07, 6.45) is 0. The SMILES string of the molecule is COc1cc(C(=O)O)cc(CN(C)C)c1OC. The number of carboxylic acids is 1. The lowest BCUT2D eigenvalue weighted by molar-refractivity contribution is 0.0696. The van der Waals surface area contributed by atoms with Crippen molar-refractivity contribution < 1.29 is 19.4 Å². The van der Waals surface area contributed by atoms with Crippen LogP contribution in [0.25, 0.3) is 0 Å². The van der Waals surface area contributed by atoms with Gasteiger partial charge in [0.05, 0.1) is 19.8 Å². The Balaban J connectivity index is 3.31. The summed E-state index contributed by atoms with van der Waals surface area (Å²) in [5.74, 6) is 0.0291. The number of ether oxygens (including phenoxy) is 2. The van der Waals surface area contributed by atoms with Gasteiger partial charge in [-0.1, -0.05) is 0 Å². The van der Waals surface area contributed by atoms with Crippen LogP contribution in [0.4, 0.5) is 0 Å². The topological polar surface area (TPSA) is 59.0 Å². The first-order valence-corrected chi connectivity index (χ1v) is 5.12. The third-order valence-corrected chi connectivity index (χ3v) is 2.29. The molecule has 0 aliphatic heterocycles. The Morgan fingerprint density at radius 3 is 2.35 bits per heavy atom. The van der Waals surface area contributed by atoms with Gasteiger partial charge < -0.3 is 19.5 Å². The highest BCUT2D eigenvalue weighted by atomic mass is 16.5. The third kappa shape index (κ3) is 3.10. The first-order chi connectivity index (χ1) is 7.99. The molecule has 5 heteroatoms. The minimum absolute atomic E-state index is 0.194. The molecule has 0 aliphatic carbocycles. The number of aromatic carboxylic acids is 1. The van der Waals surface area contributed by atoms with Gasteiger partial charge in [-0.15, -0.1) is 0 Å². The summed E-state index contributed by atoms with van der Waals surface area (Å²) in [6, 6.07) is 3.06. The summed E-state index contributed by atoms with van der Waals surface area (Å²) in [5, 5.41) is 9.02. The molecule has 0 unspecified atom stereocenters. The van der Waals surface area contributed by atoms with Crippen LogP contribution in [0.2, 0.25) is 0 Å². The molecule has 0 heterocycles. The van der Waals surface area contributed by atoms with Crippen LogP contribution in [-0.2, 0) is 6.54 Å². The summed E-state index contributed by atoms with van der Waals surface area (Å²) in [4.78, 5) is 12.9. The number of hydrogen-bond acceptors (Lipinski definition) is 4. The van der Waals surface area contributed by atoms with Crippen LogP contribution in [0.3, 0.4) is 0 Å². The maximum Gasteiger partial charge on any atom is 0.335 e. The van der Waals surface area contributed by atoms with Gasteiger partial charge >= 0.3 is 5.97 Å². The fraction of sp³-hybridized carbons (Fsp3) is 0.417. The fourth-order valence-electron chi connectivity index (χ4n) is 1.62. The number of nitrogens with zero attached hydrogens (tertiary/aromatic N) is 1. The predicted molar refractivity (Wildman–Crippen MR) is 63.9 cm³/mol. The molecule has 0 radical (unpaired) electrons. The Kier molecular flexibility index (Phi) is 4.34. The molecule has 0 atom stereocenters. The zero-order valence-corrected chi connectivity index (χ0v) is 10.5. The van der Waals surface area contributed by atoms with Crippen LogP contribution < -0.4 is 9.47 Å². The quantitative estimate of drug-likeness (QED) is 0.843. The Labute approximate surface area is 101 Å². The number of hydrogen-bond donors (Lipinski definition) is 1. The van der Waals surface area contributed by atoms with Crippen molar-refractivity contribution in [2.24, 2.45) is 0 Å². The number of carboxylic acid groups (broad SMARTS) is 1. The predicted octanol–water partition coefficient (Wildman–Crippen LogP) is 1.46. The number of carbonyl (C=O) groups is 1. The highest BCUT2D eigenvalue weighted by molar-refractivity contribution is 5.89. The van der Waals surface area contributed by atoms with Crippen LogP contribution in [0.15, 0.2) is 12.1 Å². The molecular weight excluding hydrogens is 222 g/mol. The standard InChI is InChI=1S/C12H17NO4/c1-13(2)7-9-5-8(12(14)15)6-10(16-3)11(9)17-4/h5-6H,7H2,1-4H3,(H,14,15). The minimum atomic E-state index is -0.981. The zero-order chi connectivity index (χ0) is 13.0. The van der Waals surface area contributed by atoms with Gasteiger partial charge in [-0.2, -0.15) is 0 Å². The number of rotatable bonds is 5. The first kappa shape index (κ1) is 13.3. The molecule has 0 aliphatic rings. The molecule has 1 aromatic carbocycles. The van der Waals surface area contributed by atoms with Gasteiger partial charge in [0.1, 0.15) is 0 Å². The molecule has 1 rings (SSSR count). The zero-order valence-electron chi connectivity index (χ0n) is 10.5. The van der Waals surface area contributed by atoms with E-state index in [1.807, 2.05) is 19.0 Å². The molecule has 0 aromatic heterocycles. The van der Waals surface area contributed by atoms with Crippen molar-refractivity contribution in [2.75, 3.05) is 28.3 Å².